The van der Waals surface area contributed by atoms with Crippen LogP contribution >= 0.6 is 35.3 Å². The molecule has 1 heterocycles. The zero-order valence-electron chi connectivity index (χ0n) is 10.1. The van der Waals surface area contributed by atoms with Crippen LogP contribution in [0.2, 0.25) is 0 Å². The average molecular weight is 366 g/mol. The Balaban J connectivity index is 0.00000256. The number of nitrogens with two attached hydrogens (primary N) is 1. The van der Waals surface area contributed by atoms with Gasteiger partial charge in [0.25, 0.3) is 0 Å². The number of hydrogen-bond acceptors (Lipinski definition) is 3. The van der Waals surface area contributed by atoms with Gasteiger partial charge in [0.05, 0.1) is 11.6 Å². The minimum absolute atomic E-state index is 0. The van der Waals surface area contributed by atoms with Gasteiger partial charge < -0.3 is 11.1 Å². The van der Waals surface area contributed by atoms with E-state index in [1.807, 2.05) is 6.20 Å². The number of thiazole rings is 1. The number of aromatic nitrogens is 1. The van der Waals surface area contributed by atoms with Crippen molar-refractivity contribution in [3.63, 3.8) is 0 Å². The molecule has 0 fully saturated rings. The summed E-state index contributed by atoms with van der Waals surface area (Å²) in [5.41, 5.74) is 5.67. The van der Waals surface area contributed by atoms with E-state index in [4.69, 9.17) is 5.73 Å². The predicted molar refractivity (Wildman–Crippen MR) is 85.4 cm³/mol. The monoisotopic (exact) mass is 366 g/mol. The Morgan fingerprint density at radius 2 is 2.47 bits per heavy atom. The molecule has 3 N–H and O–H groups in total. The third-order valence-electron chi connectivity index (χ3n) is 2.02. The van der Waals surface area contributed by atoms with Crippen LogP contribution in [0.4, 0.5) is 0 Å². The molecule has 0 aliphatic carbocycles. The third kappa shape index (κ3) is 6.02. The molecular formula is C11H19IN4S. The molecule has 0 aliphatic heterocycles. The molecule has 1 rings (SSSR count). The van der Waals surface area contributed by atoms with Gasteiger partial charge >= 0.3 is 0 Å². The Bertz CT molecular complexity index is 375. The fourth-order valence-corrected chi connectivity index (χ4v) is 1.96. The first-order valence-electron chi connectivity index (χ1n) is 5.20. The van der Waals surface area contributed by atoms with Gasteiger partial charge in [-0.15, -0.1) is 41.9 Å². The maximum atomic E-state index is 5.67. The lowest BCUT2D eigenvalue weighted by molar-refractivity contribution is 0.761. The van der Waals surface area contributed by atoms with Gasteiger partial charge in [0.15, 0.2) is 5.96 Å². The van der Waals surface area contributed by atoms with Gasteiger partial charge in [-0.2, -0.15) is 0 Å². The zero-order chi connectivity index (χ0) is 12.0. The highest BCUT2D eigenvalue weighted by Gasteiger charge is 2.08. The number of aliphatic imine (C=N–C) groups is 1. The van der Waals surface area contributed by atoms with Crippen molar-refractivity contribution in [3.05, 3.63) is 28.7 Å². The second-order valence-electron chi connectivity index (χ2n) is 3.61. The Hall–Kier alpha value is -0.630. The summed E-state index contributed by atoms with van der Waals surface area (Å²) < 4.78 is 0. The Labute approximate surface area is 123 Å². The van der Waals surface area contributed by atoms with Gasteiger partial charge in [0.2, 0.25) is 0 Å². The fraction of sp³-hybridized carbons (Fsp3) is 0.455. The van der Waals surface area contributed by atoms with Crippen LogP contribution in [-0.2, 0) is 0 Å². The number of nitrogens with zero attached hydrogens (tertiary/aromatic N) is 2. The Morgan fingerprint density at radius 1 is 1.76 bits per heavy atom. The molecule has 0 spiro atoms. The Kier molecular flexibility index (Phi) is 8.15. The summed E-state index contributed by atoms with van der Waals surface area (Å²) in [6, 6.07) is 0. The van der Waals surface area contributed by atoms with Gasteiger partial charge in [-0.3, -0.25) is 4.99 Å². The van der Waals surface area contributed by atoms with E-state index >= 15 is 0 Å². The van der Waals surface area contributed by atoms with E-state index in [0.29, 0.717) is 25.0 Å². The maximum absolute atomic E-state index is 5.67. The molecule has 1 atom stereocenters. The quantitative estimate of drug-likeness (QED) is 0.364. The first-order chi connectivity index (χ1) is 7.63. The van der Waals surface area contributed by atoms with Crippen molar-refractivity contribution >= 4 is 41.3 Å². The molecule has 1 aromatic rings. The topological polar surface area (TPSA) is 63.3 Å². The van der Waals surface area contributed by atoms with Crippen LogP contribution in [0.1, 0.15) is 22.7 Å². The first-order valence-corrected chi connectivity index (χ1v) is 6.02. The molecule has 0 saturated carbocycles. The fourth-order valence-electron chi connectivity index (χ4n) is 1.15. The van der Waals surface area contributed by atoms with Gasteiger partial charge in [-0.05, 0) is 6.92 Å². The number of rotatable bonds is 5. The van der Waals surface area contributed by atoms with Gasteiger partial charge in [0, 0.05) is 23.5 Å². The molecule has 0 bridgehead atoms. The first kappa shape index (κ1) is 16.4. The van der Waals surface area contributed by atoms with E-state index in [9.17, 15) is 0 Å². The van der Waals surface area contributed by atoms with Crippen molar-refractivity contribution in [2.45, 2.75) is 19.8 Å². The second kappa shape index (κ2) is 8.46. The average Bonchev–Trinajstić information content (AvgIpc) is 2.69. The highest BCUT2D eigenvalue weighted by molar-refractivity contribution is 14.0. The molecule has 4 nitrogen and oxygen atoms in total. The summed E-state index contributed by atoms with van der Waals surface area (Å²) in [6.07, 6.45) is 3.63. The van der Waals surface area contributed by atoms with E-state index in [2.05, 4.69) is 35.7 Å². The van der Waals surface area contributed by atoms with Gasteiger partial charge in [-0.25, -0.2) is 4.98 Å². The molecule has 17 heavy (non-hydrogen) atoms. The molecule has 6 heteroatoms. The molecule has 0 radical (unpaired) electrons. The third-order valence-corrected chi connectivity index (χ3v) is 3.17. The second-order valence-corrected chi connectivity index (χ2v) is 4.87. The molecule has 1 unspecified atom stereocenters. The minimum atomic E-state index is 0. The van der Waals surface area contributed by atoms with E-state index in [1.165, 1.54) is 4.88 Å². The van der Waals surface area contributed by atoms with Crippen LogP contribution in [-0.4, -0.2) is 24.0 Å². The summed E-state index contributed by atoms with van der Waals surface area (Å²) in [6.45, 7) is 9.04. The lowest BCUT2D eigenvalue weighted by Gasteiger charge is -2.06. The zero-order valence-corrected chi connectivity index (χ0v) is 13.3. The maximum Gasteiger partial charge on any atom is 0.188 e. The van der Waals surface area contributed by atoms with E-state index in [-0.39, 0.29) is 24.0 Å². The van der Waals surface area contributed by atoms with Crippen LogP contribution in [0.3, 0.4) is 0 Å². The predicted octanol–water partition coefficient (Wildman–Crippen LogP) is 2.26. The number of aryl methyl sites for hydroxylation is 1. The summed E-state index contributed by atoms with van der Waals surface area (Å²) in [5.74, 6) is 0.766. The lowest BCUT2D eigenvalue weighted by atomic mass is 10.2. The normalized spacial score (nSPS) is 12.7. The van der Waals surface area contributed by atoms with Gasteiger partial charge in [0.1, 0.15) is 0 Å². The molecule has 0 saturated heterocycles. The van der Waals surface area contributed by atoms with Crippen molar-refractivity contribution in [2.24, 2.45) is 10.7 Å². The van der Waals surface area contributed by atoms with Crippen LogP contribution in [0.15, 0.2) is 23.8 Å². The molecule has 0 aromatic carbocycles. The van der Waals surface area contributed by atoms with Crippen molar-refractivity contribution in [2.75, 3.05) is 13.1 Å². The number of guanidine groups is 1. The lowest BCUT2D eigenvalue weighted by Crippen LogP contribution is -2.32. The van der Waals surface area contributed by atoms with Crippen molar-refractivity contribution in [1.29, 1.82) is 0 Å². The summed E-state index contributed by atoms with van der Waals surface area (Å²) in [7, 11) is 0. The van der Waals surface area contributed by atoms with E-state index in [1.54, 1.807) is 17.4 Å². The summed E-state index contributed by atoms with van der Waals surface area (Å²) in [4.78, 5) is 9.80. The smallest absolute Gasteiger partial charge is 0.188 e. The Morgan fingerprint density at radius 3 is 3.00 bits per heavy atom. The summed E-state index contributed by atoms with van der Waals surface area (Å²) >= 11 is 1.71. The highest BCUT2D eigenvalue weighted by atomic mass is 127. The van der Waals surface area contributed by atoms with Crippen molar-refractivity contribution in [1.82, 2.24) is 10.3 Å². The highest BCUT2D eigenvalue weighted by Crippen LogP contribution is 2.20. The molecule has 0 aliphatic rings. The van der Waals surface area contributed by atoms with E-state index in [0.717, 1.165) is 5.01 Å². The largest absolute Gasteiger partial charge is 0.370 e. The van der Waals surface area contributed by atoms with Crippen molar-refractivity contribution in [3.8, 4) is 0 Å². The van der Waals surface area contributed by atoms with Crippen LogP contribution < -0.4 is 11.1 Å². The molecular weight excluding hydrogens is 347 g/mol. The SMILES string of the molecule is C=CCNC(N)=NCC(C)c1ncc(C)s1.I. The van der Waals surface area contributed by atoms with Gasteiger partial charge in [-0.1, -0.05) is 13.0 Å². The molecule has 0 amide bonds. The van der Waals surface area contributed by atoms with Crippen LogP contribution in [0.5, 0.6) is 0 Å². The molecule has 96 valence electrons. The van der Waals surface area contributed by atoms with Crippen molar-refractivity contribution < 1.29 is 0 Å². The minimum Gasteiger partial charge on any atom is -0.370 e. The molecule has 1 aromatic heterocycles. The summed E-state index contributed by atoms with van der Waals surface area (Å²) in [5, 5.41) is 4.05. The van der Waals surface area contributed by atoms with Crippen LogP contribution in [0.25, 0.3) is 0 Å². The number of nitrogens with one attached hydrogen (secondary N) is 1. The number of halogens is 1. The van der Waals surface area contributed by atoms with Crippen LogP contribution in [0, 0.1) is 6.92 Å². The number of hydrogen-bond donors (Lipinski definition) is 2. The van der Waals surface area contributed by atoms with E-state index < -0.39 is 0 Å². The standard InChI is InChI=1S/C11H18N4S.HI/c1-4-5-13-11(12)15-6-8(2)10-14-7-9(3)16-10;/h4,7-8H,1,5-6H2,2-3H3,(H3,12,13,15);1H.